The first-order valence-corrected chi connectivity index (χ1v) is 6.90. The number of urea groups is 1. The molecule has 1 heterocycles. The molecule has 5 nitrogen and oxygen atoms in total. The third kappa shape index (κ3) is 3.60. The molecule has 2 amide bonds. The van der Waals surface area contributed by atoms with Gasteiger partial charge in [0.25, 0.3) is 0 Å². The van der Waals surface area contributed by atoms with E-state index < -0.39 is 17.8 Å². The van der Waals surface area contributed by atoms with E-state index in [-0.39, 0.29) is 17.3 Å². The van der Waals surface area contributed by atoms with E-state index in [1.165, 1.54) is 6.07 Å². The average Bonchev–Trinajstić information content (AvgIpc) is 2.83. The van der Waals surface area contributed by atoms with Crippen LogP contribution in [0.5, 0.6) is 0 Å². The molecule has 7 heteroatoms. The molecule has 19 heavy (non-hydrogen) atoms. The molecule has 0 aromatic heterocycles. The van der Waals surface area contributed by atoms with Gasteiger partial charge in [-0.1, -0.05) is 0 Å². The minimum absolute atomic E-state index is 0.0806. The zero-order valence-corrected chi connectivity index (χ0v) is 10.8. The Morgan fingerprint density at radius 2 is 2.21 bits per heavy atom. The summed E-state index contributed by atoms with van der Waals surface area (Å²) >= 11 is 1.75. The second kappa shape index (κ2) is 5.92. The summed E-state index contributed by atoms with van der Waals surface area (Å²) in [6.07, 6.45) is 0.896. The molecule has 0 bridgehead atoms. The summed E-state index contributed by atoms with van der Waals surface area (Å²) in [6, 6.07) is 2.85. The van der Waals surface area contributed by atoms with E-state index in [0.29, 0.717) is 0 Å². The molecule has 1 fully saturated rings. The van der Waals surface area contributed by atoms with Crippen LogP contribution in [0, 0.1) is 5.82 Å². The molecule has 1 aromatic carbocycles. The van der Waals surface area contributed by atoms with Crippen LogP contribution in [0.3, 0.4) is 0 Å². The Balaban J connectivity index is 2.05. The van der Waals surface area contributed by atoms with Gasteiger partial charge >= 0.3 is 12.0 Å². The number of halogens is 1. The van der Waals surface area contributed by atoms with Crippen molar-refractivity contribution >= 4 is 29.4 Å². The maximum absolute atomic E-state index is 13.0. The number of aromatic carboxylic acids is 1. The fourth-order valence-electron chi connectivity index (χ4n) is 1.79. The first-order valence-electron chi connectivity index (χ1n) is 5.74. The lowest BCUT2D eigenvalue weighted by Crippen LogP contribution is -2.38. The Morgan fingerprint density at radius 1 is 1.42 bits per heavy atom. The van der Waals surface area contributed by atoms with Crippen molar-refractivity contribution in [1.82, 2.24) is 5.32 Å². The number of carbonyl (C=O) groups excluding carboxylic acids is 1. The predicted molar refractivity (Wildman–Crippen MR) is 71.2 cm³/mol. The van der Waals surface area contributed by atoms with Crippen LogP contribution in [0.15, 0.2) is 18.2 Å². The number of hydrogen-bond acceptors (Lipinski definition) is 3. The van der Waals surface area contributed by atoms with Crippen molar-refractivity contribution in [1.29, 1.82) is 0 Å². The van der Waals surface area contributed by atoms with Crippen LogP contribution in [0.1, 0.15) is 16.8 Å². The van der Waals surface area contributed by atoms with E-state index in [0.717, 1.165) is 30.1 Å². The molecule has 0 spiro atoms. The molecule has 1 saturated heterocycles. The number of thioether (sulfide) groups is 1. The van der Waals surface area contributed by atoms with Crippen LogP contribution >= 0.6 is 11.8 Å². The molecule has 1 aromatic rings. The second-order valence-corrected chi connectivity index (χ2v) is 5.30. The van der Waals surface area contributed by atoms with Gasteiger partial charge in [0, 0.05) is 11.8 Å². The summed E-state index contributed by atoms with van der Waals surface area (Å²) in [5, 5.41) is 14.1. The van der Waals surface area contributed by atoms with Crippen LogP contribution < -0.4 is 10.6 Å². The molecule has 2 rings (SSSR count). The maximum atomic E-state index is 13.0. The highest BCUT2D eigenvalue weighted by Gasteiger charge is 2.19. The topological polar surface area (TPSA) is 78.4 Å². The molecule has 102 valence electrons. The zero-order chi connectivity index (χ0) is 13.8. The Bertz CT molecular complexity index is 504. The molecule has 3 N–H and O–H groups in total. The largest absolute Gasteiger partial charge is 0.478 e. The number of carbonyl (C=O) groups is 2. The number of carboxylic acid groups (broad SMARTS) is 1. The molecule has 1 aliphatic heterocycles. The Kier molecular flexibility index (Phi) is 4.26. The SMILES string of the molecule is O=C(Nc1ccc(F)cc1C(=O)O)NC1CCSC1. The van der Waals surface area contributed by atoms with Crippen molar-refractivity contribution in [2.24, 2.45) is 0 Å². The lowest BCUT2D eigenvalue weighted by molar-refractivity contribution is 0.0697. The van der Waals surface area contributed by atoms with Crippen molar-refractivity contribution in [2.45, 2.75) is 12.5 Å². The zero-order valence-electron chi connectivity index (χ0n) is 9.98. The van der Waals surface area contributed by atoms with Crippen molar-refractivity contribution in [3.63, 3.8) is 0 Å². The van der Waals surface area contributed by atoms with E-state index in [4.69, 9.17) is 5.11 Å². The third-order valence-electron chi connectivity index (χ3n) is 2.73. The summed E-state index contributed by atoms with van der Waals surface area (Å²) in [5.41, 5.74) is -0.187. The summed E-state index contributed by atoms with van der Waals surface area (Å²) in [5.74, 6) is -0.0911. The molecular formula is C12H13FN2O3S. The summed E-state index contributed by atoms with van der Waals surface area (Å²) in [7, 11) is 0. The van der Waals surface area contributed by atoms with Gasteiger partial charge in [-0.3, -0.25) is 0 Å². The number of nitrogens with one attached hydrogen (secondary N) is 2. The number of carboxylic acids is 1. The fourth-order valence-corrected chi connectivity index (χ4v) is 2.95. The Hall–Kier alpha value is -1.76. The van der Waals surface area contributed by atoms with Gasteiger partial charge in [-0.2, -0.15) is 11.8 Å². The molecule has 0 aliphatic carbocycles. The average molecular weight is 284 g/mol. The maximum Gasteiger partial charge on any atom is 0.337 e. The summed E-state index contributed by atoms with van der Waals surface area (Å²) < 4.78 is 13.0. The number of rotatable bonds is 3. The molecular weight excluding hydrogens is 271 g/mol. The first kappa shape index (κ1) is 13.7. The van der Waals surface area contributed by atoms with Gasteiger partial charge in [-0.05, 0) is 30.4 Å². The molecule has 1 atom stereocenters. The van der Waals surface area contributed by atoms with E-state index in [9.17, 15) is 14.0 Å². The minimum atomic E-state index is -1.29. The molecule has 1 unspecified atom stereocenters. The number of amides is 2. The highest BCUT2D eigenvalue weighted by Crippen LogP contribution is 2.19. The van der Waals surface area contributed by atoms with Gasteiger partial charge < -0.3 is 15.7 Å². The van der Waals surface area contributed by atoms with Gasteiger partial charge in [0.05, 0.1) is 11.3 Å². The molecule has 1 aliphatic rings. The number of hydrogen-bond donors (Lipinski definition) is 3. The van der Waals surface area contributed by atoms with Crippen molar-refractivity contribution in [3.05, 3.63) is 29.6 Å². The predicted octanol–water partition coefficient (Wildman–Crippen LogP) is 2.15. The van der Waals surface area contributed by atoms with Crippen LogP contribution in [0.25, 0.3) is 0 Å². The van der Waals surface area contributed by atoms with Crippen molar-refractivity contribution < 1.29 is 19.1 Å². The molecule has 0 saturated carbocycles. The van der Waals surface area contributed by atoms with Crippen LogP contribution in [-0.4, -0.2) is 34.7 Å². The quantitative estimate of drug-likeness (QED) is 0.794. The van der Waals surface area contributed by atoms with Gasteiger partial charge in [0.2, 0.25) is 0 Å². The second-order valence-electron chi connectivity index (χ2n) is 4.15. The van der Waals surface area contributed by atoms with E-state index in [2.05, 4.69) is 10.6 Å². The van der Waals surface area contributed by atoms with Crippen molar-refractivity contribution in [3.8, 4) is 0 Å². The standard InChI is InChI=1S/C12H13FN2O3S/c13-7-1-2-10(9(5-7)11(16)17)15-12(18)14-8-3-4-19-6-8/h1-2,5,8H,3-4,6H2,(H,16,17)(H2,14,15,18). The van der Waals surface area contributed by atoms with Gasteiger partial charge in [-0.15, -0.1) is 0 Å². The lowest BCUT2D eigenvalue weighted by Gasteiger charge is -2.13. The van der Waals surface area contributed by atoms with Gasteiger partial charge in [0.15, 0.2) is 0 Å². The Labute approximate surface area is 113 Å². The first-order chi connectivity index (χ1) is 9.06. The monoisotopic (exact) mass is 284 g/mol. The van der Waals surface area contributed by atoms with Crippen molar-refractivity contribution in [2.75, 3.05) is 16.8 Å². The lowest BCUT2D eigenvalue weighted by atomic mass is 10.1. The smallest absolute Gasteiger partial charge is 0.337 e. The van der Waals surface area contributed by atoms with E-state index >= 15 is 0 Å². The van der Waals surface area contributed by atoms with Crippen LogP contribution in [-0.2, 0) is 0 Å². The number of benzene rings is 1. The minimum Gasteiger partial charge on any atom is -0.478 e. The highest BCUT2D eigenvalue weighted by molar-refractivity contribution is 7.99. The fraction of sp³-hybridized carbons (Fsp3) is 0.333. The van der Waals surface area contributed by atoms with Crippen LogP contribution in [0.2, 0.25) is 0 Å². The van der Waals surface area contributed by atoms with E-state index in [1.807, 2.05) is 0 Å². The van der Waals surface area contributed by atoms with E-state index in [1.54, 1.807) is 11.8 Å². The Morgan fingerprint density at radius 3 is 2.84 bits per heavy atom. The highest BCUT2D eigenvalue weighted by atomic mass is 32.2. The molecule has 0 radical (unpaired) electrons. The van der Waals surface area contributed by atoms with Gasteiger partial charge in [0.1, 0.15) is 5.82 Å². The number of anilines is 1. The summed E-state index contributed by atoms with van der Waals surface area (Å²) in [4.78, 5) is 22.7. The summed E-state index contributed by atoms with van der Waals surface area (Å²) in [6.45, 7) is 0. The van der Waals surface area contributed by atoms with Crippen LogP contribution in [0.4, 0.5) is 14.9 Å². The normalized spacial score (nSPS) is 18.1. The van der Waals surface area contributed by atoms with Gasteiger partial charge in [-0.25, -0.2) is 14.0 Å². The third-order valence-corrected chi connectivity index (χ3v) is 3.89.